The number of piperazine rings is 1. The number of carbonyl (C=O) groups is 3. The Morgan fingerprint density at radius 2 is 1.78 bits per heavy atom. The molecule has 50 heavy (non-hydrogen) atoms. The summed E-state index contributed by atoms with van der Waals surface area (Å²) in [6, 6.07) is 8.68. The van der Waals surface area contributed by atoms with Crippen LogP contribution in [-0.4, -0.2) is 115 Å². The van der Waals surface area contributed by atoms with Crippen molar-refractivity contribution in [3.8, 4) is 11.1 Å². The molecule has 1 aromatic carbocycles. The van der Waals surface area contributed by atoms with Gasteiger partial charge in [-0.2, -0.15) is 5.10 Å². The maximum absolute atomic E-state index is 14.3. The summed E-state index contributed by atoms with van der Waals surface area (Å²) in [6.45, 7) is 12.3. The first-order valence-electron chi connectivity index (χ1n) is 17.1. The van der Waals surface area contributed by atoms with E-state index in [0.29, 0.717) is 53.3 Å². The van der Waals surface area contributed by atoms with E-state index in [4.69, 9.17) is 4.74 Å². The fourth-order valence-electron chi connectivity index (χ4n) is 7.45. The van der Waals surface area contributed by atoms with Crippen LogP contribution in [0, 0.1) is 12.3 Å². The molecule has 7 heterocycles. The van der Waals surface area contributed by atoms with Gasteiger partial charge in [0.25, 0.3) is 0 Å². The molecule has 0 spiro atoms. The molecule has 8 rings (SSSR count). The lowest BCUT2D eigenvalue weighted by atomic mass is 9.86. The molecule has 0 unspecified atom stereocenters. The fourth-order valence-corrected chi connectivity index (χ4v) is 7.76. The van der Waals surface area contributed by atoms with Crippen molar-refractivity contribution in [2.45, 2.75) is 52.8 Å². The SMILES string of the molecule is CC(=O)c1nn(CC(=O)N2C[C@]3(C)C[C@H]2C(=O)Nc2nc(Br)ccc2COCCCN2CCN(CC2)C3)c2ccc(-c3cnc(C)nc3)cc12. The molecule has 3 aromatic heterocycles. The molecule has 262 valence electrons. The summed E-state index contributed by atoms with van der Waals surface area (Å²) >= 11 is 3.44. The summed E-state index contributed by atoms with van der Waals surface area (Å²) in [7, 11) is 0. The minimum atomic E-state index is -0.721. The topological polar surface area (TPSA) is 139 Å². The van der Waals surface area contributed by atoms with E-state index in [1.807, 2.05) is 37.3 Å². The number of carbonyl (C=O) groups excluding carboxylic acids is 3. The Morgan fingerprint density at radius 3 is 2.54 bits per heavy atom. The Morgan fingerprint density at radius 1 is 1.02 bits per heavy atom. The number of halogens is 1. The van der Waals surface area contributed by atoms with E-state index < -0.39 is 6.04 Å². The number of Topliss-reactive ketones (excluding diaryl/α,β-unsaturated/α-hetero) is 1. The molecule has 2 saturated heterocycles. The van der Waals surface area contributed by atoms with Gasteiger partial charge in [-0.15, -0.1) is 0 Å². The van der Waals surface area contributed by atoms with Crippen LogP contribution in [0.5, 0.6) is 0 Å². The number of likely N-dealkylation sites (tertiary alicyclic amines) is 1. The van der Waals surface area contributed by atoms with Gasteiger partial charge in [0.1, 0.15) is 34.5 Å². The summed E-state index contributed by atoms with van der Waals surface area (Å²) in [4.78, 5) is 61.1. The average Bonchev–Trinajstić information content (AvgIpc) is 3.64. The summed E-state index contributed by atoms with van der Waals surface area (Å²) in [5, 5.41) is 8.31. The maximum atomic E-state index is 14.3. The largest absolute Gasteiger partial charge is 0.377 e. The van der Waals surface area contributed by atoms with E-state index in [0.717, 1.165) is 62.4 Å². The van der Waals surface area contributed by atoms with Gasteiger partial charge < -0.3 is 24.8 Å². The quantitative estimate of drug-likeness (QED) is 0.242. The lowest BCUT2D eigenvalue weighted by Gasteiger charge is -2.38. The Bertz CT molecular complexity index is 1920. The molecule has 4 aliphatic rings. The molecule has 2 fully saturated rings. The van der Waals surface area contributed by atoms with Crippen LogP contribution in [0.15, 0.2) is 47.3 Å². The molecule has 0 aliphatic carbocycles. The van der Waals surface area contributed by atoms with Crippen LogP contribution in [0.1, 0.15) is 48.6 Å². The van der Waals surface area contributed by atoms with Gasteiger partial charge in [-0.05, 0) is 59.5 Å². The lowest BCUT2D eigenvalue weighted by molar-refractivity contribution is -0.137. The van der Waals surface area contributed by atoms with E-state index >= 15 is 0 Å². The van der Waals surface area contributed by atoms with Gasteiger partial charge in [-0.25, -0.2) is 15.0 Å². The summed E-state index contributed by atoms with van der Waals surface area (Å²) < 4.78 is 8.18. The van der Waals surface area contributed by atoms with Crippen molar-refractivity contribution in [3.63, 3.8) is 0 Å². The van der Waals surface area contributed by atoms with Crippen molar-refractivity contribution in [3.05, 3.63) is 64.4 Å². The molecular formula is C36H42BrN9O4. The number of aromatic nitrogens is 5. The molecular weight excluding hydrogens is 702 g/mol. The second-order valence-corrected chi connectivity index (χ2v) is 14.8. The third kappa shape index (κ3) is 7.34. The zero-order valence-electron chi connectivity index (χ0n) is 28.7. The van der Waals surface area contributed by atoms with Crippen molar-refractivity contribution >= 4 is 50.2 Å². The molecule has 0 saturated carbocycles. The average molecular weight is 745 g/mol. The van der Waals surface area contributed by atoms with Gasteiger partial charge in [0, 0.05) is 93.7 Å². The van der Waals surface area contributed by atoms with Crippen LogP contribution in [0.4, 0.5) is 5.82 Å². The second-order valence-electron chi connectivity index (χ2n) is 14.0. The maximum Gasteiger partial charge on any atom is 0.248 e. The molecule has 4 aliphatic heterocycles. The molecule has 4 bridgehead atoms. The zero-order chi connectivity index (χ0) is 35.0. The number of ketones is 1. The Labute approximate surface area is 299 Å². The first kappa shape index (κ1) is 34.3. The molecule has 1 N–H and O–H groups in total. The van der Waals surface area contributed by atoms with Crippen LogP contribution in [0.2, 0.25) is 0 Å². The number of nitrogens with zero attached hydrogens (tertiary/aromatic N) is 8. The number of anilines is 1. The number of amides is 2. The van der Waals surface area contributed by atoms with Crippen molar-refractivity contribution in [2.24, 2.45) is 5.41 Å². The minimum Gasteiger partial charge on any atom is -0.377 e. The van der Waals surface area contributed by atoms with Gasteiger partial charge in [0.05, 0.1) is 12.1 Å². The van der Waals surface area contributed by atoms with Crippen LogP contribution >= 0.6 is 15.9 Å². The third-order valence-corrected chi connectivity index (χ3v) is 10.4. The number of pyridine rings is 1. The summed E-state index contributed by atoms with van der Waals surface area (Å²) in [6.07, 6.45) is 4.93. The Kier molecular flexibility index (Phi) is 9.79. The molecule has 14 heteroatoms. The highest BCUT2D eigenvalue weighted by molar-refractivity contribution is 9.10. The smallest absolute Gasteiger partial charge is 0.248 e. The number of ether oxygens (including phenoxy) is 1. The van der Waals surface area contributed by atoms with Crippen molar-refractivity contribution < 1.29 is 19.1 Å². The predicted molar refractivity (Wildman–Crippen MR) is 191 cm³/mol. The van der Waals surface area contributed by atoms with Crippen LogP contribution < -0.4 is 5.32 Å². The summed E-state index contributed by atoms with van der Waals surface area (Å²) in [5.74, 6) is 0.351. The first-order valence-corrected chi connectivity index (χ1v) is 17.9. The van der Waals surface area contributed by atoms with Gasteiger partial charge in [-0.1, -0.05) is 19.1 Å². The predicted octanol–water partition coefficient (Wildman–Crippen LogP) is 3.95. The highest BCUT2D eigenvalue weighted by atomic mass is 79.9. The van der Waals surface area contributed by atoms with E-state index in [-0.39, 0.29) is 35.3 Å². The standard InChI is InChI=1S/C36H42BrN9O4/c1-23(47)33-28-15-25(27-17-38-24(2)39-18-27)5-7-29(28)46(42-33)19-32(48)45-22-36(3)16-30(45)35(49)41-34-26(6-8-31(37)40-34)20-50-14-4-9-43-10-12-44(21-36)13-11-43/h5-8,15,17-18,30H,4,9-14,16,19-22H2,1-3H3,(H,40,41,49)/t30-,36+/m0/s1. The molecule has 13 nitrogen and oxygen atoms in total. The fraction of sp³-hybridized carbons (Fsp3) is 0.472. The Balaban J connectivity index is 1.19. The summed E-state index contributed by atoms with van der Waals surface area (Å²) in [5.41, 5.74) is 3.06. The van der Waals surface area contributed by atoms with E-state index in [1.165, 1.54) is 6.92 Å². The van der Waals surface area contributed by atoms with Gasteiger partial charge in [-0.3, -0.25) is 19.1 Å². The van der Waals surface area contributed by atoms with Crippen molar-refractivity contribution in [1.82, 2.24) is 39.4 Å². The van der Waals surface area contributed by atoms with Crippen LogP contribution in [0.3, 0.4) is 0 Å². The first-order chi connectivity index (χ1) is 24.0. The molecule has 0 radical (unpaired) electrons. The van der Waals surface area contributed by atoms with Crippen LogP contribution in [0.25, 0.3) is 22.0 Å². The Hall–Kier alpha value is -4.11. The number of hydrogen-bond donors (Lipinski definition) is 1. The highest BCUT2D eigenvalue weighted by Gasteiger charge is 2.47. The van der Waals surface area contributed by atoms with E-state index in [2.05, 4.69) is 58.0 Å². The van der Waals surface area contributed by atoms with Crippen LogP contribution in [-0.2, 0) is 27.5 Å². The third-order valence-electron chi connectivity index (χ3n) is 10.00. The van der Waals surface area contributed by atoms with Gasteiger partial charge >= 0.3 is 0 Å². The normalized spacial score (nSPS) is 24.5. The number of rotatable bonds is 4. The molecule has 2 amide bonds. The van der Waals surface area contributed by atoms with Crippen molar-refractivity contribution in [1.29, 1.82) is 0 Å². The number of nitrogens with one attached hydrogen (secondary N) is 1. The van der Waals surface area contributed by atoms with Gasteiger partial charge in [0.15, 0.2) is 5.78 Å². The monoisotopic (exact) mass is 743 g/mol. The second kappa shape index (κ2) is 14.3. The number of benzene rings is 1. The van der Waals surface area contributed by atoms with E-state index in [9.17, 15) is 14.4 Å². The number of fused-ring (bicyclic) bond motifs is 8. The molecule has 2 atom stereocenters. The number of aryl methyl sites for hydroxylation is 1. The van der Waals surface area contributed by atoms with Gasteiger partial charge in [0.2, 0.25) is 11.8 Å². The molecule has 4 aromatic rings. The highest BCUT2D eigenvalue weighted by Crippen LogP contribution is 2.37. The zero-order valence-corrected chi connectivity index (χ0v) is 30.3. The van der Waals surface area contributed by atoms with E-state index in [1.54, 1.807) is 22.0 Å². The van der Waals surface area contributed by atoms with Crippen molar-refractivity contribution in [2.75, 3.05) is 57.7 Å². The number of hydrogen-bond acceptors (Lipinski definition) is 10. The lowest BCUT2D eigenvalue weighted by Crippen LogP contribution is -2.50. The minimum absolute atomic E-state index is 0.121.